The third-order valence-electron chi connectivity index (χ3n) is 5.30. The van der Waals surface area contributed by atoms with Gasteiger partial charge < -0.3 is 14.5 Å². The molecule has 140 valence electrons. The minimum absolute atomic E-state index is 0.0581. The fraction of sp³-hybridized carbons (Fsp3) is 0.381. The molecule has 0 saturated carbocycles. The second kappa shape index (κ2) is 6.78. The van der Waals surface area contributed by atoms with Crippen molar-refractivity contribution in [3.8, 4) is 0 Å². The lowest BCUT2D eigenvalue weighted by Crippen LogP contribution is -2.30. The number of β-amino-alcohol motifs (C(OH)–C–C–N with tert-alkyl or cyclic N) is 1. The summed E-state index contributed by atoms with van der Waals surface area (Å²) < 4.78 is 5.26. The van der Waals surface area contributed by atoms with Gasteiger partial charge >= 0.3 is 0 Å². The number of carbonyl (C=O) groups is 1. The largest absolute Gasteiger partial charge is 0.391 e. The Morgan fingerprint density at radius 1 is 1.26 bits per heavy atom. The van der Waals surface area contributed by atoms with E-state index in [0.29, 0.717) is 30.8 Å². The van der Waals surface area contributed by atoms with Crippen LogP contribution in [0.3, 0.4) is 0 Å². The summed E-state index contributed by atoms with van der Waals surface area (Å²) in [6.45, 7) is 6.56. The first-order valence-electron chi connectivity index (χ1n) is 9.19. The molecule has 3 aromatic rings. The Morgan fingerprint density at radius 2 is 2.07 bits per heavy atom. The quantitative estimate of drug-likeness (QED) is 0.772. The van der Waals surface area contributed by atoms with Gasteiger partial charge in [-0.2, -0.15) is 0 Å². The van der Waals surface area contributed by atoms with Crippen molar-refractivity contribution in [3.63, 3.8) is 0 Å². The van der Waals surface area contributed by atoms with Crippen molar-refractivity contribution in [2.24, 2.45) is 5.92 Å². The number of fused-ring (bicyclic) bond motifs is 1. The number of aryl methyl sites for hydroxylation is 3. The van der Waals surface area contributed by atoms with Crippen LogP contribution in [0.5, 0.6) is 0 Å². The van der Waals surface area contributed by atoms with Crippen molar-refractivity contribution < 1.29 is 14.4 Å². The van der Waals surface area contributed by atoms with Crippen LogP contribution in [0.15, 0.2) is 34.9 Å². The number of amides is 1. The number of likely N-dealkylation sites (tertiary alicyclic amines) is 1. The van der Waals surface area contributed by atoms with Gasteiger partial charge in [0.2, 0.25) is 0 Å². The van der Waals surface area contributed by atoms with Crippen LogP contribution in [0.2, 0.25) is 0 Å². The average Bonchev–Trinajstić information content (AvgIpc) is 3.21. The summed E-state index contributed by atoms with van der Waals surface area (Å²) in [7, 11) is 0. The van der Waals surface area contributed by atoms with E-state index in [1.165, 1.54) is 0 Å². The number of carbonyl (C=O) groups excluding carboxylic acids is 1. The van der Waals surface area contributed by atoms with Crippen molar-refractivity contribution in [1.29, 1.82) is 0 Å². The normalized spacial score (nSPS) is 19.8. The third kappa shape index (κ3) is 3.32. The molecule has 27 heavy (non-hydrogen) atoms. The summed E-state index contributed by atoms with van der Waals surface area (Å²) in [6, 6.07) is 9.74. The summed E-state index contributed by atoms with van der Waals surface area (Å²) in [6.07, 6.45) is -0.00440. The molecule has 1 saturated heterocycles. The van der Waals surface area contributed by atoms with E-state index in [4.69, 9.17) is 4.52 Å². The molecule has 3 heterocycles. The number of nitrogens with zero attached hydrogens (tertiary/aromatic N) is 3. The number of benzene rings is 1. The number of hydrogen-bond donors (Lipinski definition) is 1. The maximum atomic E-state index is 13.1. The molecule has 1 aliphatic rings. The molecule has 2 atom stereocenters. The molecule has 1 fully saturated rings. The van der Waals surface area contributed by atoms with Crippen LogP contribution in [0.4, 0.5) is 0 Å². The molecule has 0 spiro atoms. The van der Waals surface area contributed by atoms with Crippen LogP contribution in [-0.2, 0) is 6.42 Å². The number of aliphatic hydroxyl groups is 1. The van der Waals surface area contributed by atoms with Gasteiger partial charge in [0.05, 0.1) is 28.6 Å². The molecule has 6 nitrogen and oxygen atoms in total. The molecule has 1 N–H and O–H groups in total. The molecular weight excluding hydrogens is 342 g/mol. The summed E-state index contributed by atoms with van der Waals surface area (Å²) >= 11 is 0. The second-order valence-corrected chi connectivity index (χ2v) is 7.44. The first-order chi connectivity index (χ1) is 12.9. The molecule has 0 aliphatic carbocycles. The van der Waals surface area contributed by atoms with Crippen molar-refractivity contribution in [1.82, 2.24) is 15.0 Å². The number of aliphatic hydroxyl groups excluding tert-OH is 1. The Morgan fingerprint density at radius 3 is 2.81 bits per heavy atom. The fourth-order valence-corrected chi connectivity index (χ4v) is 3.82. The van der Waals surface area contributed by atoms with Crippen LogP contribution in [0, 0.1) is 26.7 Å². The van der Waals surface area contributed by atoms with E-state index in [0.717, 1.165) is 27.9 Å². The maximum absolute atomic E-state index is 13.1. The topological polar surface area (TPSA) is 79.5 Å². The van der Waals surface area contributed by atoms with Crippen molar-refractivity contribution >= 4 is 16.8 Å². The highest BCUT2D eigenvalue weighted by atomic mass is 16.5. The summed E-state index contributed by atoms with van der Waals surface area (Å²) in [5, 5.41) is 15.3. The van der Waals surface area contributed by atoms with Crippen LogP contribution in [0.25, 0.3) is 10.9 Å². The van der Waals surface area contributed by atoms with Gasteiger partial charge in [0, 0.05) is 36.9 Å². The molecule has 0 bridgehead atoms. The Bertz CT molecular complexity index is 1010. The van der Waals surface area contributed by atoms with E-state index >= 15 is 0 Å². The summed E-state index contributed by atoms with van der Waals surface area (Å²) in [5.74, 6) is 0.598. The van der Waals surface area contributed by atoms with Crippen molar-refractivity contribution in [3.05, 3.63) is 58.6 Å². The number of hydrogen-bond acceptors (Lipinski definition) is 5. The molecule has 2 aromatic heterocycles. The van der Waals surface area contributed by atoms with Crippen LogP contribution in [-0.4, -0.2) is 45.2 Å². The van der Waals surface area contributed by atoms with Crippen LogP contribution < -0.4 is 0 Å². The lowest BCUT2D eigenvalue weighted by atomic mass is 10.0. The number of pyridine rings is 1. The second-order valence-electron chi connectivity index (χ2n) is 7.44. The van der Waals surface area contributed by atoms with Gasteiger partial charge in [0.1, 0.15) is 5.76 Å². The van der Waals surface area contributed by atoms with E-state index in [-0.39, 0.29) is 11.8 Å². The minimum Gasteiger partial charge on any atom is -0.391 e. The van der Waals surface area contributed by atoms with E-state index in [9.17, 15) is 9.90 Å². The summed E-state index contributed by atoms with van der Waals surface area (Å²) in [5.41, 5.74) is 4.14. The van der Waals surface area contributed by atoms with Crippen LogP contribution >= 0.6 is 0 Å². The smallest absolute Gasteiger partial charge is 0.255 e. The van der Waals surface area contributed by atoms with E-state index in [1.54, 1.807) is 4.90 Å². The van der Waals surface area contributed by atoms with Crippen molar-refractivity contribution in [2.45, 2.75) is 33.3 Å². The predicted molar refractivity (Wildman–Crippen MR) is 102 cm³/mol. The SMILES string of the molecule is Cc1cc(C[C@@H]2CN(C(=O)c3cc4cccc(C)c4nc3C)C[C@@H]2O)on1. The molecule has 0 unspecified atom stereocenters. The highest BCUT2D eigenvalue weighted by Crippen LogP contribution is 2.26. The van der Waals surface area contributed by atoms with E-state index in [2.05, 4.69) is 10.1 Å². The van der Waals surface area contributed by atoms with E-state index < -0.39 is 6.10 Å². The fourth-order valence-electron chi connectivity index (χ4n) is 3.82. The standard InChI is InChI=1S/C21H23N3O3/c1-12-5-4-6-15-9-18(14(3)22-20(12)15)21(26)24-10-16(19(25)11-24)8-17-7-13(2)23-27-17/h4-7,9,16,19,25H,8,10-11H2,1-3H3/t16-,19+/m1/s1. The molecule has 0 radical (unpaired) electrons. The van der Waals surface area contributed by atoms with Gasteiger partial charge in [-0.05, 0) is 32.4 Å². The highest BCUT2D eigenvalue weighted by molar-refractivity contribution is 5.99. The zero-order chi connectivity index (χ0) is 19.1. The number of rotatable bonds is 3. The predicted octanol–water partition coefficient (Wildman–Crippen LogP) is 2.82. The Hall–Kier alpha value is -2.73. The average molecular weight is 365 g/mol. The minimum atomic E-state index is -0.574. The lowest BCUT2D eigenvalue weighted by molar-refractivity contribution is 0.0763. The van der Waals surface area contributed by atoms with Gasteiger partial charge in [-0.3, -0.25) is 9.78 Å². The lowest BCUT2D eigenvalue weighted by Gasteiger charge is -2.17. The molecule has 6 heteroatoms. The molecular formula is C21H23N3O3. The maximum Gasteiger partial charge on any atom is 0.255 e. The Labute approximate surface area is 157 Å². The molecule has 1 aromatic carbocycles. The van der Waals surface area contributed by atoms with Gasteiger partial charge in [0.25, 0.3) is 5.91 Å². The van der Waals surface area contributed by atoms with Crippen molar-refractivity contribution in [2.75, 3.05) is 13.1 Å². The van der Waals surface area contributed by atoms with Gasteiger partial charge in [-0.1, -0.05) is 23.4 Å². The monoisotopic (exact) mass is 365 g/mol. The van der Waals surface area contributed by atoms with Gasteiger partial charge in [-0.15, -0.1) is 0 Å². The van der Waals surface area contributed by atoms with E-state index in [1.807, 2.05) is 51.1 Å². The molecule has 4 rings (SSSR count). The summed E-state index contributed by atoms with van der Waals surface area (Å²) in [4.78, 5) is 19.4. The number of para-hydroxylation sites is 1. The Kier molecular flexibility index (Phi) is 4.44. The molecule has 1 aliphatic heterocycles. The third-order valence-corrected chi connectivity index (χ3v) is 5.30. The Balaban J connectivity index is 1.56. The van der Waals surface area contributed by atoms with Gasteiger partial charge in [0.15, 0.2) is 0 Å². The van der Waals surface area contributed by atoms with Gasteiger partial charge in [-0.25, -0.2) is 0 Å². The number of aromatic nitrogens is 2. The first-order valence-corrected chi connectivity index (χ1v) is 9.19. The van der Waals surface area contributed by atoms with Crippen LogP contribution in [0.1, 0.15) is 33.1 Å². The molecule has 1 amide bonds. The zero-order valence-electron chi connectivity index (χ0n) is 15.8. The first kappa shape index (κ1) is 17.7. The highest BCUT2D eigenvalue weighted by Gasteiger charge is 2.35. The zero-order valence-corrected chi connectivity index (χ0v) is 15.8.